The lowest BCUT2D eigenvalue weighted by Gasteiger charge is -2.40. The first-order chi connectivity index (χ1) is 13.1. The number of fused-ring (bicyclic) bond motifs is 1. The van der Waals surface area contributed by atoms with E-state index in [1.54, 1.807) is 6.08 Å². The second-order valence-electron chi connectivity index (χ2n) is 9.24. The monoisotopic (exact) mass is 390 g/mol. The van der Waals surface area contributed by atoms with Crippen LogP contribution in [0.25, 0.3) is 0 Å². The Morgan fingerprint density at radius 3 is 2.75 bits per heavy atom. The lowest BCUT2D eigenvalue weighted by atomic mass is 9.66. The smallest absolute Gasteiger partial charge is 0.330 e. The van der Waals surface area contributed by atoms with Gasteiger partial charge in [0.15, 0.2) is 0 Å². The molecule has 1 saturated heterocycles. The van der Waals surface area contributed by atoms with Crippen LogP contribution in [0.2, 0.25) is 0 Å². The van der Waals surface area contributed by atoms with Gasteiger partial charge in [-0.15, -0.1) is 0 Å². The number of allylic oxidation sites excluding steroid dienone is 1. The zero-order valence-electron chi connectivity index (χ0n) is 16.3. The van der Waals surface area contributed by atoms with Gasteiger partial charge < -0.3 is 19.7 Å². The topological polar surface area (TPSA) is 110 Å². The Kier molecular flexibility index (Phi) is 3.98. The van der Waals surface area contributed by atoms with Crippen LogP contribution in [0, 0.1) is 22.2 Å². The summed E-state index contributed by atoms with van der Waals surface area (Å²) in [5.74, 6) is -1.77. The van der Waals surface area contributed by atoms with Gasteiger partial charge in [-0.1, -0.05) is 33.3 Å². The molecule has 0 spiro atoms. The lowest BCUT2D eigenvalue weighted by Crippen LogP contribution is -2.53. The number of carbonyl (C=O) groups excluding carboxylic acids is 3. The molecule has 0 aromatic carbocycles. The van der Waals surface area contributed by atoms with Crippen molar-refractivity contribution in [1.82, 2.24) is 0 Å². The van der Waals surface area contributed by atoms with Crippen molar-refractivity contribution in [3.63, 3.8) is 0 Å². The number of unbranched alkanes of at least 4 members (excludes halogenated alkanes) is 1. The number of ether oxygens (including phenoxy) is 2. The van der Waals surface area contributed by atoms with Gasteiger partial charge in [0, 0.05) is 23.0 Å². The average molecular weight is 390 g/mol. The Bertz CT molecular complexity index is 812. The molecule has 2 N–H and O–H groups in total. The van der Waals surface area contributed by atoms with E-state index in [4.69, 9.17) is 9.47 Å². The quantitative estimate of drug-likeness (QED) is 0.415. The maximum atomic E-state index is 12.7. The number of hydrogen-bond acceptors (Lipinski definition) is 7. The third-order valence-electron chi connectivity index (χ3n) is 7.22. The molecule has 1 heterocycles. The van der Waals surface area contributed by atoms with Gasteiger partial charge in [-0.2, -0.15) is 0 Å². The SMILES string of the molecule is CCC/C=C/C(=O)O[C@@H]1C(C)(C)C[C@H]2[C@]1(O)C=C(C=O)[C@]13C[C@@]21C(=O)O[C@@H]3O. The molecular formula is C21H26O7. The zero-order valence-corrected chi connectivity index (χ0v) is 16.3. The van der Waals surface area contributed by atoms with Crippen LogP contribution in [-0.4, -0.2) is 46.4 Å². The summed E-state index contributed by atoms with van der Waals surface area (Å²) in [6.45, 7) is 5.72. The molecule has 0 amide bonds. The molecule has 4 aliphatic rings. The van der Waals surface area contributed by atoms with E-state index in [1.807, 2.05) is 20.8 Å². The van der Waals surface area contributed by atoms with E-state index < -0.39 is 52.1 Å². The summed E-state index contributed by atoms with van der Waals surface area (Å²) >= 11 is 0. The molecule has 2 saturated carbocycles. The average Bonchev–Trinajstić information content (AvgIpc) is 3.24. The minimum atomic E-state index is -1.68. The molecule has 4 rings (SSSR count). The van der Waals surface area contributed by atoms with Crippen LogP contribution in [0.1, 0.15) is 46.5 Å². The fourth-order valence-electron chi connectivity index (χ4n) is 5.97. The van der Waals surface area contributed by atoms with E-state index in [0.717, 1.165) is 12.8 Å². The fraction of sp³-hybridized carbons (Fsp3) is 0.667. The third-order valence-corrected chi connectivity index (χ3v) is 7.22. The van der Waals surface area contributed by atoms with Gasteiger partial charge >= 0.3 is 11.9 Å². The highest BCUT2D eigenvalue weighted by Gasteiger charge is 2.90. The molecule has 0 bridgehead atoms. The van der Waals surface area contributed by atoms with Gasteiger partial charge in [0.2, 0.25) is 6.29 Å². The summed E-state index contributed by atoms with van der Waals surface area (Å²) in [6.07, 6.45) is 4.96. The van der Waals surface area contributed by atoms with Crippen LogP contribution >= 0.6 is 0 Å². The van der Waals surface area contributed by atoms with Gasteiger partial charge in [-0.3, -0.25) is 9.59 Å². The van der Waals surface area contributed by atoms with Crippen molar-refractivity contribution in [2.75, 3.05) is 0 Å². The van der Waals surface area contributed by atoms with E-state index in [2.05, 4.69) is 0 Å². The maximum absolute atomic E-state index is 12.7. The largest absolute Gasteiger partial charge is 0.455 e. The number of hydrogen-bond donors (Lipinski definition) is 2. The molecule has 6 atom stereocenters. The standard InChI is InChI=1S/C21H26O7/c1-4-5-6-7-14(23)27-15-18(2,3)9-13-20-11-19(20,16(24)28-17(20)25)12(10-22)8-21(13,15)26/h6-8,10,13,15-16,24,26H,4-5,9,11H2,1-3H3/b7-6+/t13-,15-,16+,19+,20+,21-/m1/s1. The molecule has 0 aromatic heterocycles. The predicted octanol–water partition coefficient (Wildman–Crippen LogP) is 1.42. The molecule has 7 heteroatoms. The van der Waals surface area contributed by atoms with Gasteiger partial charge in [0.25, 0.3) is 0 Å². The van der Waals surface area contributed by atoms with Crippen molar-refractivity contribution in [1.29, 1.82) is 0 Å². The summed E-state index contributed by atoms with van der Waals surface area (Å²) in [6, 6.07) is 0. The first-order valence-corrected chi connectivity index (χ1v) is 9.77. The summed E-state index contributed by atoms with van der Waals surface area (Å²) in [4.78, 5) is 36.8. The van der Waals surface area contributed by atoms with Crippen molar-refractivity contribution < 1.29 is 34.1 Å². The number of cyclic esters (lactones) is 1. The molecule has 0 aromatic rings. The fourth-order valence-corrected chi connectivity index (χ4v) is 5.97. The molecule has 7 nitrogen and oxygen atoms in total. The van der Waals surface area contributed by atoms with E-state index in [0.29, 0.717) is 12.7 Å². The first kappa shape index (κ1) is 19.3. The molecular weight excluding hydrogens is 364 g/mol. The van der Waals surface area contributed by atoms with Crippen molar-refractivity contribution in [3.05, 3.63) is 23.8 Å². The molecule has 1 aliphatic heterocycles. The van der Waals surface area contributed by atoms with Crippen LogP contribution < -0.4 is 0 Å². The number of aldehydes is 1. The van der Waals surface area contributed by atoms with Crippen LogP contribution in [0.15, 0.2) is 23.8 Å². The van der Waals surface area contributed by atoms with Crippen molar-refractivity contribution in [3.8, 4) is 0 Å². The molecule has 0 radical (unpaired) electrons. The Hall–Kier alpha value is -1.99. The minimum Gasteiger partial charge on any atom is -0.455 e. The van der Waals surface area contributed by atoms with E-state index in [1.165, 1.54) is 12.2 Å². The van der Waals surface area contributed by atoms with Gasteiger partial charge in [-0.05, 0) is 25.3 Å². The summed E-state index contributed by atoms with van der Waals surface area (Å²) in [7, 11) is 0. The molecule has 0 unspecified atom stereocenters. The second kappa shape index (κ2) is 5.76. The van der Waals surface area contributed by atoms with Crippen molar-refractivity contribution in [2.45, 2.75) is 64.4 Å². The van der Waals surface area contributed by atoms with E-state index in [9.17, 15) is 24.6 Å². The van der Waals surface area contributed by atoms with Crippen LogP contribution in [0.3, 0.4) is 0 Å². The number of rotatable bonds is 5. The van der Waals surface area contributed by atoms with E-state index in [-0.39, 0.29) is 12.0 Å². The van der Waals surface area contributed by atoms with Gasteiger partial charge in [0.1, 0.15) is 18.0 Å². The van der Waals surface area contributed by atoms with Crippen LogP contribution in [0.4, 0.5) is 0 Å². The van der Waals surface area contributed by atoms with Crippen LogP contribution in [-0.2, 0) is 23.9 Å². The Labute approximate surface area is 163 Å². The molecule has 28 heavy (non-hydrogen) atoms. The normalized spacial score (nSPS) is 45.0. The van der Waals surface area contributed by atoms with Crippen LogP contribution in [0.5, 0.6) is 0 Å². The van der Waals surface area contributed by atoms with E-state index >= 15 is 0 Å². The lowest BCUT2D eigenvalue weighted by molar-refractivity contribution is -0.169. The Balaban J connectivity index is 1.75. The second-order valence-corrected chi connectivity index (χ2v) is 9.24. The summed E-state index contributed by atoms with van der Waals surface area (Å²) < 4.78 is 10.7. The highest BCUT2D eigenvalue weighted by Crippen LogP contribution is 2.82. The number of aliphatic hydroxyl groups excluding tert-OH is 1. The third kappa shape index (κ3) is 2.09. The zero-order chi connectivity index (χ0) is 20.5. The molecule has 152 valence electrons. The Morgan fingerprint density at radius 2 is 2.11 bits per heavy atom. The van der Waals surface area contributed by atoms with Gasteiger partial charge in [0.05, 0.1) is 10.8 Å². The summed E-state index contributed by atoms with van der Waals surface area (Å²) in [5.41, 5.74) is -4.43. The minimum absolute atomic E-state index is 0.143. The summed E-state index contributed by atoms with van der Waals surface area (Å²) in [5, 5.41) is 22.0. The van der Waals surface area contributed by atoms with Crippen molar-refractivity contribution in [2.24, 2.45) is 22.2 Å². The maximum Gasteiger partial charge on any atom is 0.330 e. The highest BCUT2D eigenvalue weighted by atomic mass is 16.6. The number of esters is 2. The molecule has 3 fully saturated rings. The van der Waals surface area contributed by atoms with Gasteiger partial charge in [-0.25, -0.2) is 4.79 Å². The predicted molar refractivity (Wildman–Crippen MR) is 96.5 cm³/mol. The molecule has 3 aliphatic carbocycles. The number of aliphatic hydroxyl groups is 2. The number of carbonyl (C=O) groups is 3. The Morgan fingerprint density at radius 1 is 1.39 bits per heavy atom. The first-order valence-electron chi connectivity index (χ1n) is 9.77. The van der Waals surface area contributed by atoms with Crippen molar-refractivity contribution >= 4 is 18.2 Å². The highest BCUT2D eigenvalue weighted by molar-refractivity contribution is 5.94.